The average molecular weight is 421 g/mol. The Labute approximate surface area is 173 Å². The van der Waals surface area contributed by atoms with E-state index in [1.807, 2.05) is 0 Å². The van der Waals surface area contributed by atoms with Gasteiger partial charge in [-0.3, -0.25) is 4.79 Å². The van der Waals surface area contributed by atoms with Crippen LogP contribution < -0.4 is 5.32 Å². The van der Waals surface area contributed by atoms with Gasteiger partial charge in [0.2, 0.25) is 0 Å². The fourth-order valence-electron chi connectivity index (χ4n) is 3.20. The zero-order valence-electron chi connectivity index (χ0n) is 16.1. The second-order valence-corrected chi connectivity index (χ2v) is 8.59. The quantitative estimate of drug-likeness (QED) is 0.516. The van der Waals surface area contributed by atoms with Crippen molar-refractivity contribution in [2.75, 3.05) is 7.05 Å². The normalized spacial score (nSPS) is 12.6. The number of aromatic nitrogens is 2. The number of nitrogens with one attached hydrogen (secondary N) is 1. The first-order chi connectivity index (χ1) is 14.4. The van der Waals surface area contributed by atoms with Gasteiger partial charge in [0.25, 0.3) is 15.9 Å². The second-order valence-electron chi connectivity index (χ2n) is 6.75. The highest BCUT2D eigenvalue weighted by molar-refractivity contribution is 7.90. The minimum Gasteiger partial charge on any atom is -0.382 e. The van der Waals surface area contributed by atoms with Gasteiger partial charge in [0.15, 0.2) is 0 Å². The molecule has 0 fully saturated rings. The van der Waals surface area contributed by atoms with E-state index in [1.165, 1.54) is 24.7 Å². The summed E-state index contributed by atoms with van der Waals surface area (Å²) >= 11 is 0. The van der Waals surface area contributed by atoms with Crippen LogP contribution >= 0.6 is 0 Å². The summed E-state index contributed by atoms with van der Waals surface area (Å²) in [6.45, 7) is 0. The molecule has 1 heterocycles. The highest BCUT2D eigenvalue weighted by atomic mass is 32.2. The summed E-state index contributed by atoms with van der Waals surface area (Å²) in [5.41, 5.74) is 1.33. The van der Waals surface area contributed by atoms with E-state index in [-0.39, 0.29) is 16.5 Å². The number of benzene rings is 3. The Kier molecular flexibility index (Phi) is 5.11. The molecule has 3 aromatic carbocycles. The van der Waals surface area contributed by atoms with Gasteiger partial charge in [-0.05, 0) is 46.7 Å². The average Bonchev–Trinajstić information content (AvgIpc) is 3.29. The summed E-state index contributed by atoms with van der Waals surface area (Å²) in [6, 6.07) is 18.6. The Hall–Kier alpha value is -3.49. The number of nitrogens with zero attached hydrogens (tertiary/aromatic N) is 2. The molecule has 0 aliphatic heterocycles. The van der Waals surface area contributed by atoms with Crippen LogP contribution in [0.3, 0.4) is 0 Å². The monoisotopic (exact) mass is 421 g/mol. The van der Waals surface area contributed by atoms with Gasteiger partial charge in [-0.15, -0.1) is 0 Å². The molecule has 1 atom stereocenters. The van der Waals surface area contributed by atoms with Gasteiger partial charge >= 0.3 is 0 Å². The molecular weight excluding hydrogens is 402 g/mol. The summed E-state index contributed by atoms with van der Waals surface area (Å²) in [7, 11) is -2.21. The summed E-state index contributed by atoms with van der Waals surface area (Å²) in [5, 5.41) is 15.0. The van der Waals surface area contributed by atoms with E-state index in [0.29, 0.717) is 11.1 Å². The largest absolute Gasteiger partial charge is 0.382 e. The minimum atomic E-state index is -3.78. The molecular formula is C22H19N3O4S. The van der Waals surface area contributed by atoms with Gasteiger partial charge in [0.05, 0.1) is 10.6 Å². The van der Waals surface area contributed by atoms with Gasteiger partial charge in [-0.2, -0.15) is 0 Å². The van der Waals surface area contributed by atoms with Crippen molar-refractivity contribution >= 4 is 26.7 Å². The lowest BCUT2D eigenvalue weighted by Gasteiger charge is -2.10. The zero-order valence-corrected chi connectivity index (χ0v) is 16.9. The smallest absolute Gasteiger partial charge is 0.268 e. The number of aliphatic hydroxyl groups excluding tert-OH is 1. The van der Waals surface area contributed by atoms with Gasteiger partial charge in [-0.1, -0.05) is 36.4 Å². The molecule has 4 aromatic rings. The molecule has 30 heavy (non-hydrogen) atoms. The number of imidazole rings is 1. The van der Waals surface area contributed by atoms with Crippen LogP contribution in [0.15, 0.2) is 84.1 Å². The summed E-state index contributed by atoms with van der Waals surface area (Å²) < 4.78 is 26.4. The van der Waals surface area contributed by atoms with Crippen LogP contribution in [0.4, 0.5) is 0 Å². The third-order valence-corrected chi connectivity index (χ3v) is 6.47. The first kappa shape index (κ1) is 19.8. The third kappa shape index (κ3) is 3.58. The predicted molar refractivity (Wildman–Crippen MR) is 113 cm³/mol. The summed E-state index contributed by atoms with van der Waals surface area (Å²) in [4.78, 5) is 16.0. The van der Waals surface area contributed by atoms with Crippen LogP contribution in [-0.2, 0) is 10.0 Å². The van der Waals surface area contributed by atoms with E-state index < -0.39 is 16.1 Å². The van der Waals surface area contributed by atoms with Crippen LogP contribution in [0.1, 0.15) is 27.7 Å². The lowest BCUT2D eigenvalue weighted by atomic mass is 10.0. The maximum Gasteiger partial charge on any atom is 0.268 e. The maximum absolute atomic E-state index is 12.7. The number of rotatable bonds is 5. The SMILES string of the molecule is CNC(=O)c1ccc2cc(C(O)c3cn(S(=O)(=O)c4ccccc4)cn3)ccc2c1. The standard InChI is InChI=1S/C22H19N3O4S/c1-23-22(27)18-10-8-15-11-17(9-7-16(15)12-18)21(26)20-13-25(14-24-20)30(28,29)19-5-3-2-4-6-19/h2-14,21,26H,1H3,(H,23,27). The van der Waals surface area contributed by atoms with Crippen LogP contribution in [0.25, 0.3) is 10.8 Å². The van der Waals surface area contributed by atoms with E-state index in [0.717, 1.165) is 14.7 Å². The molecule has 0 aliphatic carbocycles. The number of carbonyl (C=O) groups is 1. The first-order valence-corrected chi connectivity index (χ1v) is 10.6. The molecule has 1 amide bonds. The van der Waals surface area contributed by atoms with Crippen LogP contribution in [0, 0.1) is 0 Å². The lowest BCUT2D eigenvalue weighted by molar-refractivity contribution is 0.0963. The number of fused-ring (bicyclic) bond motifs is 1. The van der Waals surface area contributed by atoms with E-state index in [2.05, 4.69) is 10.3 Å². The van der Waals surface area contributed by atoms with Gasteiger partial charge in [0, 0.05) is 18.8 Å². The summed E-state index contributed by atoms with van der Waals surface area (Å²) in [6.07, 6.45) is 1.39. The minimum absolute atomic E-state index is 0.140. The van der Waals surface area contributed by atoms with Gasteiger partial charge < -0.3 is 10.4 Å². The third-order valence-electron chi connectivity index (χ3n) is 4.85. The molecule has 1 aromatic heterocycles. The topological polar surface area (TPSA) is 101 Å². The molecule has 0 spiro atoms. The molecule has 7 nitrogen and oxygen atoms in total. The summed E-state index contributed by atoms with van der Waals surface area (Å²) in [5.74, 6) is -0.175. The van der Waals surface area contributed by atoms with E-state index in [9.17, 15) is 18.3 Å². The van der Waals surface area contributed by atoms with E-state index in [1.54, 1.807) is 61.6 Å². The van der Waals surface area contributed by atoms with E-state index >= 15 is 0 Å². The van der Waals surface area contributed by atoms with Crippen molar-refractivity contribution in [1.29, 1.82) is 0 Å². The van der Waals surface area contributed by atoms with Crippen molar-refractivity contribution < 1.29 is 18.3 Å². The predicted octanol–water partition coefficient (Wildman–Crippen LogP) is 2.71. The Balaban J connectivity index is 1.64. The number of carbonyl (C=O) groups excluding carboxylic acids is 1. The van der Waals surface area contributed by atoms with Gasteiger partial charge in [-0.25, -0.2) is 17.4 Å². The second kappa shape index (κ2) is 7.74. The molecule has 1 unspecified atom stereocenters. The number of hydrogen-bond donors (Lipinski definition) is 2. The van der Waals surface area contributed by atoms with Crippen LogP contribution in [0.2, 0.25) is 0 Å². The molecule has 0 radical (unpaired) electrons. The molecule has 0 saturated carbocycles. The van der Waals surface area contributed by atoms with Gasteiger partial charge in [0.1, 0.15) is 12.4 Å². The van der Waals surface area contributed by atoms with Crippen molar-refractivity contribution in [2.45, 2.75) is 11.0 Å². The molecule has 2 N–H and O–H groups in total. The highest BCUT2D eigenvalue weighted by Gasteiger charge is 2.20. The van der Waals surface area contributed by atoms with Crippen molar-refractivity contribution in [3.63, 3.8) is 0 Å². The van der Waals surface area contributed by atoms with Crippen LogP contribution in [0.5, 0.6) is 0 Å². The van der Waals surface area contributed by atoms with Crippen molar-refractivity contribution in [3.8, 4) is 0 Å². The highest BCUT2D eigenvalue weighted by Crippen LogP contribution is 2.26. The van der Waals surface area contributed by atoms with E-state index in [4.69, 9.17) is 0 Å². The fourth-order valence-corrected chi connectivity index (χ4v) is 4.36. The van der Waals surface area contributed by atoms with Crippen molar-refractivity contribution in [1.82, 2.24) is 14.3 Å². The first-order valence-electron chi connectivity index (χ1n) is 9.18. The Morgan fingerprint density at radius 1 is 1.03 bits per heavy atom. The zero-order chi connectivity index (χ0) is 21.3. The number of amides is 1. The molecule has 8 heteroatoms. The Morgan fingerprint density at radius 3 is 2.47 bits per heavy atom. The Morgan fingerprint density at radius 2 is 1.73 bits per heavy atom. The number of hydrogen-bond acceptors (Lipinski definition) is 5. The molecule has 0 bridgehead atoms. The molecule has 0 aliphatic rings. The number of aliphatic hydroxyl groups is 1. The molecule has 4 rings (SSSR count). The lowest BCUT2D eigenvalue weighted by Crippen LogP contribution is -2.17. The molecule has 0 saturated heterocycles. The Bertz CT molecular complexity index is 1330. The van der Waals surface area contributed by atoms with Crippen molar-refractivity contribution in [2.24, 2.45) is 0 Å². The van der Waals surface area contributed by atoms with Crippen LogP contribution in [-0.4, -0.2) is 35.4 Å². The maximum atomic E-state index is 12.7. The molecule has 152 valence electrons. The van der Waals surface area contributed by atoms with Crippen molar-refractivity contribution in [3.05, 3.63) is 96.1 Å². The fraction of sp³-hybridized carbons (Fsp3) is 0.0909.